The van der Waals surface area contributed by atoms with E-state index in [1.165, 1.54) is 0 Å². The van der Waals surface area contributed by atoms with Gasteiger partial charge in [-0.05, 0) is 41.5 Å². The summed E-state index contributed by atoms with van der Waals surface area (Å²) >= 11 is 0. The Kier molecular flexibility index (Phi) is 5.28. The molecule has 1 amide bonds. The zero-order chi connectivity index (χ0) is 24.0. The molecule has 12 heteroatoms. The summed E-state index contributed by atoms with van der Waals surface area (Å²) in [5.41, 5.74) is 0. The predicted octanol–water partition coefficient (Wildman–Crippen LogP) is 0.753. The van der Waals surface area contributed by atoms with Crippen LogP contribution in [0.15, 0.2) is 0 Å². The van der Waals surface area contributed by atoms with Crippen LogP contribution in [-0.2, 0) is 47.4 Å². The molecular formula is C22H33NO11. The normalized spacial score (nSPS) is 49.9. The number of nitrogens with one attached hydrogen (secondary N) is 1. The largest absolute Gasteiger partial charge is 0.441 e. The summed E-state index contributed by atoms with van der Waals surface area (Å²) in [6, 6.07) is -0.544. The number of carbonyl (C=O) groups is 1. The number of carbonyl (C=O) groups excluding carboxylic acids is 1. The van der Waals surface area contributed by atoms with Gasteiger partial charge < -0.3 is 52.7 Å². The predicted molar refractivity (Wildman–Crippen MR) is 109 cm³/mol. The van der Waals surface area contributed by atoms with Crippen LogP contribution in [-0.4, -0.2) is 98.0 Å². The van der Waals surface area contributed by atoms with E-state index in [-0.39, 0.29) is 19.3 Å². The van der Waals surface area contributed by atoms with Gasteiger partial charge in [0.15, 0.2) is 36.0 Å². The van der Waals surface area contributed by atoms with E-state index in [9.17, 15) is 4.79 Å². The van der Waals surface area contributed by atoms with Crippen molar-refractivity contribution in [2.45, 2.75) is 120 Å². The zero-order valence-electron chi connectivity index (χ0n) is 20.2. The molecule has 0 aromatic heterocycles. The molecule has 0 radical (unpaired) electrons. The fourth-order valence-electron chi connectivity index (χ4n) is 5.57. The van der Waals surface area contributed by atoms with Crippen molar-refractivity contribution in [3.8, 4) is 0 Å². The van der Waals surface area contributed by atoms with Crippen LogP contribution in [0.5, 0.6) is 0 Å². The van der Waals surface area contributed by atoms with Gasteiger partial charge in [-0.2, -0.15) is 0 Å². The summed E-state index contributed by atoms with van der Waals surface area (Å²) in [5, 5.41) is 2.79. The van der Waals surface area contributed by atoms with Crippen LogP contribution in [0, 0.1) is 0 Å². The molecule has 34 heavy (non-hydrogen) atoms. The molecule has 6 heterocycles. The van der Waals surface area contributed by atoms with Crippen molar-refractivity contribution in [3.63, 3.8) is 0 Å². The lowest BCUT2D eigenvalue weighted by molar-refractivity contribution is -0.366. The third-order valence-corrected chi connectivity index (χ3v) is 6.86. The lowest BCUT2D eigenvalue weighted by atomic mass is 9.96. The molecular weight excluding hydrogens is 454 g/mol. The number of alkyl carbamates (subject to hydrolysis) is 1. The van der Waals surface area contributed by atoms with Gasteiger partial charge in [0.25, 0.3) is 0 Å². The van der Waals surface area contributed by atoms with E-state index in [4.69, 9.17) is 47.4 Å². The lowest BCUT2D eigenvalue weighted by Gasteiger charge is -2.48. The molecule has 0 aromatic carbocycles. The van der Waals surface area contributed by atoms with Crippen LogP contribution < -0.4 is 5.32 Å². The van der Waals surface area contributed by atoms with Gasteiger partial charge in [0.2, 0.25) is 0 Å². The van der Waals surface area contributed by atoms with Crippen molar-refractivity contribution in [1.29, 1.82) is 0 Å². The highest BCUT2D eigenvalue weighted by Gasteiger charge is 2.61. The third kappa shape index (κ3) is 4.02. The van der Waals surface area contributed by atoms with E-state index < -0.39 is 78.7 Å². The topological polar surface area (TPSA) is 121 Å². The maximum Gasteiger partial charge on any atom is 0.408 e. The van der Waals surface area contributed by atoms with E-state index >= 15 is 0 Å². The lowest BCUT2D eigenvalue weighted by Crippen LogP contribution is -2.65. The molecule has 0 unspecified atom stereocenters. The average Bonchev–Trinajstić information content (AvgIpc) is 3.36. The van der Waals surface area contributed by atoms with E-state index in [1.54, 1.807) is 0 Å². The van der Waals surface area contributed by atoms with E-state index in [1.807, 2.05) is 41.5 Å². The molecule has 0 aromatic rings. The monoisotopic (exact) mass is 487 g/mol. The first-order valence-corrected chi connectivity index (χ1v) is 11.8. The van der Waals surface area contributed by atoms with Crippen LogP contribution >= 0.6 is 0 Å². The number of fused-ring (bicyclic) bond motifs is 6. The summed E-state index contributed by atoms with van der Waals surface area (Å²) in [6.45, 7) is 11.4. The van der Waals surface area contributed by atoms with Gasteiger partial charge in [0.05, 0.1) is 13.2 Å². The highest BCUT2D eigenvalue weighted by Crippen LogP contribution is 2.44. The summed E-state index contributed by atoms with van der Waals surface area (Å²) < 4.78 is 60.1. The van der Waals surface area contributed by atoms with Crippen molar-refractivity contribution in [1.82, 2.24) is 5.32 Å². The van der Waals surface area contributed by atoms with Crippen molar-refractivity contribution in [3.05, 3.63) is 0 Å². The second-order valence-corrected chi connectivity index (χ2v) is 10.9. The molecule has 6 aliphatic rings. The molecule has 0 aliphatic carbocycles. The number of rotatable bonds is 3. The molecule has 0 spiro atoms. The Hall–Kier alpha value is -1.09. The van der Waals surface area contributed by atoms with Gasteiger partial charge in [-0.1, -0.05) is 0 Å². The molecule has 0 saturated carbocycles. The van der Waals surface area contributed by atoms with Crippen LogP contribution in [0.25, 0.3) is 0 Å². The van der Waals surface area contributed by atoms with Crippen molar-refractivity contribution >= 4 is 6.09 Å². The highest BCUT2D eigenvalue weighted by molar-refractivity contribution is 5.70. The van der Waals surface area contributed by atoms with Gasteiger partial charge in [0.1, 0.15) is 42.7 Å². The SMILES string of the molecule is CC1(C)O[C@H]2[C@@H](O1)[C@@H](CO[C@H]1O[C@@H]3COC(C)(C)O[C@H]3[C@@H]3OC(=O)N[C@H]13)O[C@@H]1OC(C)(C)O[C@@H]12. The van der Waals surface area contributed by atoms with Gasteiger partial charge in [-0.25, -0.2) is 4.79 Å². The Morgan fingerprint density at radius 2 is 1.50 bits per heavy atom. The fourth-order valence-corrected chi connectivity index (χ4v) is 5.57. The first-order valence-electron chi connectivity index (χ1n) is 11.8. The Morgan fingerprint density at radius 1 is 0.824 bits per heavy atom. The summed E-state index contributed by atoms with van der Waals surface area (Å²) in [7, 11) is 0. The Morgan fingerprint density at radius 3 is 2.29 bits per heavy atom. The summed E-state index contributed by atoms with van der Waals surface area (Å²) in [4.78, 5) is 12.1. The van der Waals surface area contributed by atoms with E-state index in [0.29, 0.717) is 0 Å². The standard InChI is InChI=1S/C22H33NO11/c1-20(2)26-8-10-12(30-20)14-11(23-19(24)29-14)17(27-10)25-7-9-13-15(32-21(3,4)31-13)16-18(28-9)34-22(5,6)33-16/h9-18H,7-8H2,1-6H3,(H,23,24)/t9-,10-,11+,12-,13+,14-,15+,16-,17+,18-/m1/s1. The average molecular weight is 488 g/mol. The zero-order valence-corrected chi connectivity index (χ0v) is 20.2. The molecule has 10 atom stereocenters. The Balaban J connectivity index is 1.17. The molecule has 12 nitrogen and oxygen atoms in total. The molecule has 192 valence electrons. The number of amides is 1. The smallest absolute Gasteiger partial charge is 0.408 e. The summed E-state index contributed by atoms with van der Waals surface area (Å²) in [5.74, 6) is -2.41. The molecule has 0 bridgehead atoms. The second-order valence-electron chi connectivity index (χ2n) is 10.9. The summed E-state index contributed by atoms with van der Waals surface area (Å²) in [6.07, 6.45) is -5.19. The molecule has 6 fully saturated rings. The van der Waals surface area contributed by atoms with Gasteiger partial charge >= 0.3 is 6.09 Å². The quantitative estimate of drug-likeness (QED) is 0.607. The maximum absolute atomic E-state index is 12.1. The molecule has 6 saturated heterocycles. The Labute approximate surface area is 197 Å². The molecule has 1 N–H and O–H groups in total. The van der Waals surface area contributed by atoms with E-state index in [2.05, 4.69) is 5.32 Å². The number of hydrogen-bond acceptors (Lipinski definition) is 11. The van der Waals surface area contributed by atoms with Gasteiger partial charge in [-0.3, -0.25) is 0 Å². The van der Waals surface area contributed by atoms with Crippen molar-refractivity contribution in [2.75, 3.05) is 13.2 Å². The minimum Gasteiger partial charge on any atom is -0.441 e. The van der Waals surface area contributed by atoms with Crippen LogP contribution in [0.2, 0.25) is 0 Å². The van der Waals surface area contributed by atoms with Crippen LogP contribution in [0.3, 0.4) is 0 Å². The fraction of sp³-hybridized carbons (Fsp3) is 0.955. The third-order valence-electron chi connectivity index (χ3n) is 6.86. The van der Waals surface area contributed by atoms with Crippen LogP contribution in [0.1, 0.15) is 41.5 Å². The highest BCUT2D eigenvalue weighted by atomic mass is 16.9. The van der Waals surface area contributed by atoms with Gasteiger partial charge in [-0.15, -0.1) is 0 Å². The van der Waals surface area contributed by atoms with Crippen LogP contribution in [0.4, 0.5) is 4.79 Å². The Bertz CT molecular complexity index is 834. The molecule has 6 rings (SSSR count). The number of hydrogen-bond donors (Lipinski definition) is 1. The first-order chi connectivity index (χ1) is 15.9. The van der Waals surface area contributed by atoms with Crippen molar-refractivity contribution < 1.29 is 52.2 Å². The minimum absolute atomic E-state index is 0.113. The van der Waals surface area contributed by atoms with Gasteiger partial charge in [0, 0.05) is 0 Å². The minimum atomic E-state index is -0.807. The maximum atomic E-state index is 12.1. The second kappa shape index (κ2) is 7.70. The van der Waals surface area contributed by atoms with Crippen molar-refractivity contribution in [2.24, 2.45) is 0 Å². The van der Waals surface area contributed by atoms with E-state index in [0.717, 1.165) is 0 Å². The first kappa shape index (κ1) is 23.3. The number of ether oxygens (including phenoxy) is 10. The molecule has 6 aliphatic heterocycles.